The topological polar surface area (TPSA) is 15.3 Å². The van der Waals surface area contributed by atoms with Gasteiger partial charge in [0.1, 0.15) is 0 Å². The molecule has 2 saturated heterocycles. The minimum Gasteiger partial charge on any atom is -0.316 e. The molecule has 98 valence electrons. The van der Waals surface area contributed by atoms with Crippen LogP contribution in [-0.4, -0.2) is 37.6 Å². The highest BCUT2D eigenvalue weighted by atomic mass is 15.2. The van der Waals surface area contributed by atoms with Gasteiger partial charge in [0, 0.05) is 19.6 Å². The van der Waals surface area contributed by atoms with Crippen molar-refractivity contribution >= 4 is 0 Å². The fourth-order valence-corrected chi connectivity index (χ4v) is 3.53. The lowest BCUT2D eigenvalue weighted by atomic mass is 9.80. The van der Waals surface area contributed by atoms with Gasteiger partial charge in [-0.05, 0) is 49.8 Å². The molecule has 18 heavy (non-hydrogen) atoms. The van der Waals surface area contributed by atoms with Crippen molar-refractivity contribution in [3.05, 3.63) is 35.9 Å². The molecule has 0 bridgehead atoms. The summed E-state index contributed by atoms with van der Waals surface area (Å²) in [6.45, 7) is 6.31. The molecule has 2 aliphatic rings. The Morgan fingerprint density at radius 3 is 2.83 bits per heavy atom. The van der Waals surface area contributed by atoms with Gasteiger partial charge in [0.25, 0.3) is 0 Å². The Morgan fingerprint density at radius 1 is 1.17 bits per heavy atom. The van der Waals surface area contributed by atoms with Gasteiger partial charge in [-0.1, -0.05) is 30.3 Å². The molecular formula is C16H24N2. The number of hydrogen-bond acceptors (Lipinski definition) is 2. The lowest BCUT2D eigenvalue weighted by molar-refractivity contribution is 0.203. The van der Waals surface area contributed by atoms with Crippen molar-refractivity contribution in [2.75, 3.05) is 32.7 Å². The fourth-order valence-electron chi connectivity index (χ4n) is 3.53. The first-order chi connectivity index (χ1) is 8.86. The second-order valence-corrected chi connectivity index (χ2v) is 6.04. The Balaban J connectivity index is 1.50. The van der Waals surface area contributed by atoms with E-state index < -0.39 is 0 Å². The fraction of sp³-hybridized carbons (Fsp3) is 0.625. The Morgan fingerprint density at radius 2 is 2.06 bits per heavy atom. The number of rotatable bonds is 3. The summed E-state index contributed by atoms with van der Waals surface area (Å²) in [6, 6.07) is 10.9. The van der Waals surface area contributed by atoms with Crippen LogP contribution in [0.15, 0.2) is 30.3 Å². The van der Waals surface area contributed by atoms with E-state index in [1.165, 1.54) is 64.0 Å². The molecule has 0 amide bonds. The van der Waals surface area contributed by atoms with Crippen LogP contribution in [0.2, 0.25) is 0 Å². The third kappa shape index (κ3) is 2.76. The molecule has 1 aromatic rings. The van der Waals surface area contributed by atoms with E-state index >= 15 is 0 Å². The normalized spacial score (nSPS) is 28.9. The van der Waals surface area contributed by atoms with Gasteiger partial charge in [0.2, 0.25) is 0 Å². The van der Waals surface area contributed by atoms with Crippen LogP contribution >= 0.6 is 0 Å². The summed E-state index contributed by atoms with van der Waals surface area (Å²) < 4.78 is 0. The zero-order chi connectivity index (χ0) is 12.3. The van der Waals surface area contributed by atoms with Gasteiger partial charge in [-0.3, -0.25) is 0 Å². The van der Waals surface area contributed by atoms with Gasteiger partial charge in [0.15, 0.2) is 0 Å². The summed E-state index contributed by atoms with van der Waals surface area (Å²) in [4.78, 5) is 2.67. The molecule has 0 saturated carbocycles. The minimum atomic E-state index is 0.606. The predicted molar refractivity (Wildman–Crippen MR) is 75.7 cm³/mol. The maximum atomic E-state index is 3.59. The molecule has 3 rings (SSSR count). The highest BCUT2D eigenvalue weighted by Gasteiger charge is 2.38. The Kier molecular flexibility index (Phi) is 3.67. The van der Waals surface area contributed by atoms with E-state index in [1.54, 1.807) is 0 Å². The molecule has 0 radical (unpaired) electrons. The van der Waals surface area contributed by atoms with Crippen molar-refractivity contribution in [2.45, 2.75) is 25.7 Å². The summed E-state index contributed by atoms with van der Waals surface area (Å²) in [7, 11) is 0. The summed E-state index contributed by atoms with van der Waals surface area (Å²) in [5, 5.41) is 3.59. The van der Waals surface area contributed by atoms with Crippen LogP contribution in [0, 0.1) is 5.41 Å². The first-order valence-corrected chi connectivity index (χ1v) is 7.33. The molecule has 1 unspecified atom stereocenters. The van der Waals surface area contributed by atoms with Gasteiger partial charge in [0.05, 0.1) is 0 Å². The van der Waals surface area contributed by atoms with Gasteiger partial charge in [-0.2, -0.15) is 0 Å². The third-order valence-electron chi connectivity index (χ3n) is 4.64. The van der Waals surface area contributed by atoms with Crippen LogP contribution < -0.4 is 5.32 Å². The first-order valence-electron chi connectivity index (χ1n) is 7.33. The molecule has 2 fully saturated rings. The average molecular weight is 244 g/mol. The van der Waals surface area contributed by atoms with E-state index in [1.807, 2.05) is 0 Å². The molecule has 2 nitrogen and oxygen atoms in total. The van der Waals surface area contributed by atoms with Gasteiger partial charge < -0.3 is 10.2 Å². The summed E-state index contributed by atoms with van der Waals surface area (Å²) in [5.74, 6) is 0. The Hall–Kier alpha value is -0.860. The predicted octanol–water partition coefficient (Wildman–Crippen LogP) is 2.30. The SMILES string of the molecule is c1ccc(CCN2CCC3(CCCNC3)C2)cc1. The van der Waals surface area contributed by atoms with E-state index in [9.17, 15) is 0 Å². The van der Waals surface area contributed by atoms with Gasteiger partial charge >= 0.3 is 0 Å². The smallest absolute Gasteiger partial charge is 0.00508 e. The number of benzene rings is 1. The van der Waals surface area contributed by atoms with Crippen LogP contribution in [0.3, 0.4) is 0 Å². The van der Waals surface area contributed by atoms with Crippen molar-refractivity contribution in [3.8, 4) is 0 Å². The maximum Gasteiger partial charge on any atom is 0.00508 e. The van der Waals surface area contributed by atoms with Crippen LogP contribution in [0.5, 0.6) is 0 Å². The zero-order valence-corrected chi connectivity index (χ0v) is 11.2. The molecule has 0 aliphatic carbocycles. The molecule has 1 atom stereocenters. The number of likely N-dealkylation sites (tertiary alicyclic amines) is 1. The van der Waals surface area contributed by atoms with Crippen LogP contribution in [0.4, 0.5) is 0 Å². The molecular weight excluding hydrogens is 220 g/mol. The van der Waals surface area contributed by atoms with Crippen molar-refractivity contribution in [1.82, 2.24) is 10.2 Å². The minimum absolute atomic E-state index is 0.606. The van der Waals surface area contributed by atoms with E-state index in [0.717, 1.165) is 0 Å². The highest BCUT2D eigenvalue weighted by Crippen LogP contribution is 2.36. The molecule has 1 aromatic carbocycles. The zero-order valence-electron chi connectivity index (χ0n) is 11.2. The number of hydrogen-bond donors (Lipinski definition) is 1. The summed E-state index contributed by atoms with van der Waals surface area (Å²) >= 11 is 0. The van der Waals surface area contributed by atoms with E-state index in [2.05, 4.69) is 40.5 Å². The molecule has 1 N–H and O–H groups in total. The molecule has 1 spiro atoms. The Bertz CT molecular complexity index is 368. The quantitative estimate of drug-likeness (QED) is 0.878. The second kappa shape index (κ2) is 5.41. The lowest BCUT2D eigenvalue weighted by Gasteiger charge is -2.34. The van der Waals surface area contributed by atoms with Gasteiger partial charge in [-0.15, -0.1) is 0 Å². The molecule has 2 heteroatoms. The molecule has 0 aromatic heterocycles. The maximum absolute atomic E-state index is 3.59. The number of piperidine rings is 1. The number of nitrogens with zero attached hydrogens (tertiary/aromatic N) is 1. The average Bonchev–Trinajstić information content (AvgIpc) is 2.82. The summed E-state index contributed by atoms with van der Waals surface area (Å²) in [5.41, 5.74) is 2.08. The highest BCUT2D eigenvalue weighted by molar-refractivity contribution is 5.15. The van der Waals surface area contributed by atoms with E-state index in [0.29, 0.717) is 5.41 Å². The third-order valence-corrected chi connectivity index (χ3v) is 4.64. The van der Waals surface area contributed by atoms with Crippen molar-refractivity contribution in [1.29, 1.82) is 0 Å². The first kappa shape index (κ1) is 12.2. The van der Waals surface area contributed by atoms with Crippen molar-refractivity contribution in [2.24, 2.45) is 5.41 Å². The van der Waals surface area contributed by atoms with Crippen LogP contribution in [-0.2, 0) is 6.42 Å². The van der Waals surface area contributed by atoms with Crippen LogP contribution in [0.1, 0.15) is 24.8 Å². The van der Waals surface area contributed by atoms with Crippen LogP contribution in [0.25, 0.3) is 0 Å². The molecule has 2 aliphatic heterocycles. The standard InChI is InChI=1S/C16H24N2/c1-2-5-15(6-3-1)7-11-18-12-9-16(14-18)8-4-10-17-13-16/h1-3,5-6,17H,4,7-14H2. The molecule has 2 heterocycles. The van der Waals surface area contributed by atoms with Gasteiger partial charge in [-0.25, -0.2) is 0 Å². The van der Waals surface area contributed by atoms with Crippen molar-refractivity contribution < 1.29 is 0 Å². The number of nitrogens with one attached hydrogen (secondary N) is 1. The summed E-state index contributed by atoms with van der Waals surface area (Å²) in [6.07, 6.45) is 5.40. The lowest BCUT2D eigenvalue weighted by Crippen LogP contribution is -2.42. The van der Waals surface area contributed by atoms with E-state index in [4.69, 9.17) is 0 Å². The van der Waals surface area contributed by atoms with E-state index in [-0.39, 0.29) is 0 Å². The second-order valence-electron chi connectivity index (χ2n) is 6.04. The largest absolute Gasteiger partial charge is 0.316 e. The van der Waals surface area contributed by atoms with Crippen molar-refractivity contribution in [3.63, 3.8) is 0 Å². The monoisotopic (exact) mass is 244 g/mol. The Labute approximate surface area is 110 Å².